The lowest BCUT2D eigenvalue weighted by molar-refractivity contribution is 0.311. The summed E-state index contributed by atoms with van der Waals surface area (Å²) in [5.74, 6) is 0.624. The summed E-state index contributed by atoms with van der Waals surface area (Å²) in [6.07, 6.45) is 9.48. The van der Waals surface area contributed by atoms with Crippen LogP contribution in [0.3, 0.4) is 0 Å². The highest BCUT2D eigenvalue weighted by Gasteiger charge is 2.14. The molecule has 1 atom stereocenters. The molecule has 0 aliphatic carbocycles. The van der Waals surface area contributed by atoms with Crippen LogP contribution in [0.15, 0.2) is 43.6 Å². The normalized spacial score (nSPS) is 12.3. The molecule has 1 aromatic heterocycles. The summed E-state index contributed by atoms with van der Waals surface area (Å²) in [6, 6.07) is 6.94. The van der Waals surface area contributed by atoms with Crippen molar-refractivity contribution in [2.75, 3.05) is 20.6 Å². The Labute approximate surface area is 169 Å². The first-order chi connectivity index (χ1) is 12.9. The van der Waals surface area contributed by atoms with Crippen molar-refractivity contribution in [1.82, 2.24) is 9.88 Å². The topological polar surface area (TPSA) is 16.1 Å². The third kappa shape index (κ3) is 6.75. The van der Waals surface area contributed by atoms with Gasteiger partial charge in [-0.2, -0.15) is 0 Å². The Morgan fingerprint density at radius 3 is 2.67 bits per heavy atom. The monoisotopic (exact) mass is 382 g/mol. The number of benzene rings is 1. The largest absolute Gasteiger partial charge is 0.309 e. The lowest BCUT2D eigenvalue weighted by Crippen LogP contribution is -2.23. The second-order valence-corrected chi connectivity index (χ2v) is 8.98. The lowest BCUT2D eigenvalue weighted by atomic mass is 9.90. The van der Waals surface area contributed by atoms with Gasteiger partial charge >= 0.3 is 0 Å². The summed E-state index contributed by atoms with van der Waals surface area (Å²) in [7, 11) is 4.31. The zero-order valence-electron chi connectivity index (χ0n) is 17.4. The summed E-state index contributed by atoms with van der Waals surface area (Å²) in [5.41, 5.74) is 5.11. The van der Waals surface area contributed by atoms with Crippen LogP contribution in [0.2, 0.25) is 0 Å². The Kier molecular flexibility index (Phi) is 8.46. The summed E-state index contributed by atoms with van der Waals surface area (Å²) in [6.45, 7) is 13.7. The van der Waals surface area contributed by atoms with E-state index < -0.39 is 0 Å². The molecule has 2 aromatic rings. The van der Waals surface area contributed by atoms with Gasteiger partial charge in [-0.1, -0.05) is 32.1 Å². The predicted molar refractivity (Wildman–Crippen MR) is 121 cm³/mol. The minimum absolute atomic E-state index is 0.624. The van der Waals surface area contributed by atoms with Gasteiger partial charge in [-0.15, -0.1) is 17.9 Å². The molecule has 146 valence electrons. The van der Waals surface area contributed by atoms with E-state index in [1.54, 1.807) is 11.3 Å². The van der Waals surface area contributed by atoms with Crippen molar-refractivity contribution < 1.29 is 0 Å². The van der Waals surface area contributed by atoms with Crippen LogP contribution in [0.4, 0.5) is 0 Å². The van der Waals surface area contributed by atoms with Gasteiger partial charge in [0.25, 0.3) is 0 Å². The van der Waals surface area contributed by atoms with Gasteiger partial charge in [0, 0.05) is 23.2 Å². The van der Waals surface area contributed by atoms with Crippen LogP contribution < -0.4 is 0 Å². The lowest BCUT2D eigenvalue weighted by Gasteiger charge is -2.21. The molecular formula is C24H34N2S. The molecule has 0 fully saturated rings. The highest BCUT2D eigenvalue weighted by Crippen LogP contribution is 2.31. The minimum atomic E-state index is 0.624. The number of allylic oxidation sites excluding steroid dienone is 2. The van der Waals surface area contributed by atoms with E-state index in [1.807, 2.05) is 12.3 Å². The molecule has 3 heteroatoms. The van der Waals surface area contributed by atoms with Crippen molar-refractivity contribution in [1.29, 1.82) is 0 Å². The van der Waals surface area contributed by atoms with Crippen molar-refractivity contribution in [2.45, 2.75) is 46.0 Å². The molecule has 1 heterocycles. The first-order valence-corrected chi connectivity index (χ1v) is 10.7. The number of hydrogen-bond donors (Lipinski definition) is 0. The molecule has 0 saturated carbocycles. The van der Waals surface area contributed by atoms with Crippen molar-refractivity contribution in [3.63, 3.8) is 0 Å². The Hall–Kier alpha value is -1.71. The molecular weight excluding hydrogens is 348 g/mol. The quantitative estimate of drug-likeness (QED) is 0.406. The predicted octanol–water partition coefficient (Wildman–Crippen LogP) is 6.62. The van der Waals surface area contributed by atoms with E-state index >= 15 is 0 Å². The number of rotatable bonds is 11. The molecule has 0 amide bonds. The van der Waals surface area contributed by atoms with E-state index in [0.29, 0.717) is 5.92 Å². The highest BCUT2D eigenvalue weighted by molar-refractivity contribution is 7.14. The number of nitrogens with zero attached hydrogens (tertiary/aromatic N) is 2. The Balaban J connectivity index is 2.36. The Morgan fingerprint density at radius 2 is 2.07 bits per heavy atom. The third-order valence-corrected chi connectivity index (χ3v) is 5.71. The van der Waals surface area contributed by atoms with E-state index in [2.05, 4.69) is 69.2 Å². The first kappa shape index (κ1) is 21.6. The second kappa shape index (κ2) is 10.6. The van der Waals surface area contributed by atoms with Gasteiger partial charge in [-0.05, 0) is 81.5 Å². The number of aromatic nitrogens is 1. The highest BCUT2D eigenvalue weighted by atomic mass is 32.1. The molecule has 0 saturated heterocycles. The number of aryl methyl sites for hydroxylation is 1. The number of hydrogen-bond acceptors (Lipinski definition) is 3. The maximum Gasteiger partial charge on any atom is 0.123 e. The fourth-order valence-corrected chi connectivity index (χ4v) is 4.28. The van der Waals surface area contributed by atoms with Crippen LogP contribution in [0.5, 0.6) is 0 Å². The maximum absolute atomic E-state index is 4.62. The minimum Gasteiger partial charge on any atom is -0.309 e. The molecule has 2 rings (SSSR count). The summed E-state index contributed by atoms with van der Waals surface area (Å²) in [5, 5.41) is 1.11. The van der Waals surface area contributed by atoms with Gasteiger partial charge in [-0.3, -0.25) is 0 Å². The summed E-state index contributed by atoms with van der Waals surface area (Å²) < 4.78 is 0. The maximum atomic E-state index is 4.62. The fourth-order valence-electron chi connectivity index (χ4n) is 3.53. The van der Waals surface area contributed by atoms with Gasteiger partial charge in [0.15, 0.2) is 0 Å². The fraction of sp³-hybridized carbons (Fsp3) is 0.458. The average Bonchev–Trinajstić information content (AvgIpc) is 3.05. The third-order valence-electron chi connectivity index (χ3n) is 4.75. The van der Waals surface area contributed by atoms with Gasteiger partial charge in [0.05, 0.1) is 0 Å². The smallest absolute Gasteiger partial charge is 0.123 e. The van der Waals surface area contributed by atoms with E-state index in [-0.39, 0.29) is 0 Å². The summed E-state index contributed by atoms with van der Waals surface area (Å²) in [4.78, 5) is 8.16. The Morgan fingerprint density at radius 1 is 1.30 bits per heavy atom. The molecule has 1 aromatic carbocycles. The van der Waals surface area contributed by atoms with Crippen LogP contribution >= 0.6 is 11.3 Å². The molecule has 0 aliphatic heterocycles. The zero-order valence-corrected chi connectivity index (χ0v) is 18.2. The SMILES string of the molecule is C=CCCC(Cc1cc(C(=C)CCC)cc(-c2ncc(C)s2)c1)CN(C)C. The molecule has 1 unspecified atom stereocenters. The van der Waals surface area contributed by atoms with E-state index in [1.165, 1.54) is 33.6 Å². The average molecular weight is 383 g/mol. The molecule has 0 radical (unpaired) electrons. The van der Waals surface area contributed by atoms with Crippen LogP contribution in [0, 0.1) is 12.8 Å². The van der Waals surface area contributed by atoms with Gasteiger partial charge in [0.1, 0.15) is 5.01 Å². The van der Waals surface area contributed by atoms with Crippen molar-refractivity contribution in [3.8, 4) is 10.6 Å². The van der Waals surface area contributed by atoms with Crippen molar-refractivity contribution in [2.24, 2.45) is 5.92 Å². The molecule has 0 N–H and O–H groups in total. The van der Waals surface area contributed by atoms with Crippen LogP contribution in [0.25, 0.3) is 16.1 Å². The van der Waals surface area contributed by atoms with Gasteiger partial charge < -0.3 is 4.90 Å². The van der Waals surface area contributed by atoms with E-state index in [9.17, 15) is 0 Å². The van der Waals surface area contributed by atoms with Crippen LogP contribution in [-0.2, 0) is 6.42 Å². The molecule has 0 bridgehead atoms. The van der Waals surface area contributed by atoms with Crippen LogP contribution in [0.1, 0.15) is 48.6 Å². The van der Waals surface area contributed by atoms with Crippen LogP contribution in [-0.4, -0.2) is 30.5 Å². The molecule has 2 nitrogen and oxygen atoms in total. The zero-order chi connectivity index (χ0) is 19.8. The summed E-state index contributed by atoms with van der Waals surface area (Å²) >= 11 is 1.76. The Bertz CT molecular complexity index is 757. The van der Waals surface area contributed by atoms with E-state index in [0.717, 1.165) is 37.2 Å². The van der Waals surface area contributed by atoms with E-state index in [4.69, 9.17) is 0 Å². The molecule has 27 heavy (non-hydrogen) atoms. The standard InChI is InChI=1S/C24H34N2S/c1-7-9-11-20(17-26(5)6)12-21-13-22(18(3)10-8-2)15-23(14-21)24-25-16-19(4)27-24/h7,13-16,20H,1,3,8-12,17H2,2,4-6H3. The van der Waals surface area contributed by atoms with Gasteiger partial charge in [-0.25, -0.2) is 4.98 Å². The second-order valence-electron chi connectivity index (χ2n) is 7.75. The number of thiazole rings is 1. The van der Waals surface area contributed by atoms with Crippen molar-refractivity contribution >= 4 is 16.9 Å². The molecule has 0 spiro atoms. The van der Waals surface area contributed by atoms with Gasteiger partial charge in [0.2, 0.25) is 0 Å². The molecule has 0 aliphatic rings. The first-order valence-electron chi connectivity index (χ1n) is 9.93. The van der Waals surface area contributed by atoms with Crippen molar-refractivity contribution in [3.05, 3.63) is 59.6 Å².